The Hall–Kier alpha value is -2.93. The van der Waals surface area contributed by atoms with E-state index in [1.165, 1.54) is 11.8 Å². The van der Waals surface area contributed by atoms with Gasteiger partial charge in [-0.2, -0.15) is 0 Å². The van der Waals surface area contributed by atoms with Crippen LogP contribution in [0.4, 0.5) is 5.82 Å². The molecule has 4 rings (SSSR count). The van der Waals surface area contributed by atoms with Gasteiger partial charge >= 0.3 is 0 Å². The van der Waals surface area contributed by atoms with Crippen LogP contribution in [0, 0.1) is 0 Å². The molecule has 6 nitrogen and oxygen atoms in total. The number of ether oxygens (including phenoxy) is 1. The lowest BCUT2D eigenvalue weighted by atomic mass is 10.1. The summed E-state index contributed by atoms with van der Waals surface area (Å²) in [7, 11) is 1.62. The van der Waals surface area contributed by atoms with Gasteiger partial charge in [-0.3, -0.25) is 9.36 Å². The number of amides is 1. The number of nitrogens with one attached hydrogen (secondary N) is 1. The molecule has 1 amide bonds. The Kier molecular flexibility index (Phi) is 4.30. The van der Waals surface area contributed by atoms with Crippen LogP contribution < -0.4 is 10.1 Å². The van der Waals surface area contributed by atoms with Gasteiger partial charge in [0.15, 0.2) is 5.82 Å². The van der Waals surface area contributed by atoms with Gasteiger partial charge in [-0.15, -0.1) is 11.8 Å². The van der Waals surface area contributed by atoms with Crippen molar-refractivity contribution in [2.24, 2.45) is 0 Å². The first-order valence-electron chi connectivity index (χ1n) is 8.08. The van der Waals surface area contributed by atoms with Crippen molar-refractivity contribution in [3.63, 3.8) is 0 Å². The number of phenolic OH excluding ortho intramolecular Hbond substituents is 1. The molecule has 0 spiro atoms. The summed E-state index contributed by atoms with van der Waals surface area (Å²) in [5, 5.41) is 12.6. The van der Waals surface area contributed by atoms with Crippen LogP contribution in [-0.4, -0.2) is 33.4 Å². The van der Waals surface area contributed by atoms with Crippen molar-refractivity contribution in [1.82, 2.24) is 9.55 Å². The van der Waals surface area contributed by atoms with Crippen molar-refractivity contribution in [3.05, 3.63) is 66.1 Å². The van der Waals surface area contributed by atoms with Crippen LogP contribution in [0.1, 0.15) is 16.5 Å². The van der Waals surface area contributed by atoms with Gasteiger partial charge in [-0.05, 0) is 29.8 Å². The standard InChI is InChI=1S/C19H17N3O3S/c1-25-15-7-3-5-13(9-15)22-11-20-19-17(22)18(26-10-16(24)21-19)12-4-2-6-14(23)8-12/h2-9,11,18,23H,10H2,1H3,(H,21,24). The van der Waals surface area contributed by atoms with Gasteiger partial charge < -0.3 is 15.2 Å². The maximum absolute atomic E-state index is 12.1. The molecule has 0 radical (unpaired) electrons. The summed E-state index contributed by atoms with van der Waals surface area (Å²) in [5.41, 5.74) is 2.66. The number of hydrogen-bond donors (Lipinski definition) is 2. The highest BCUT2D eigenvalue weighted by molar-refractivity contribution is 8.00. The fourth-order valence-corrected chi connectivity index (χ4v) is 4.13. The summed E-state index contributed by atoms with van der Waals surface area (Å²) in [6.45, 7) is 0. The summed E-state index contributed by atoms with van der Waals surface area (Å²) < 4.78 is 7.27. The third-order valence-corrected chi connectivity index (χ3v) is 5.45. The molecule has 2 N–H and O–H groups in total. The summed E-state index contributed by atoms with van der Waals surface area (Å²) in [5.74, 6) is 1.70. The molecular formula is C19H17N3O3S. The van der Waals surface area contributed by atoms with Crippen LogP contribution in [0.5, 0.6) is 11.5 Å². The van der Waals surface area contributed by atoms with Crippen LogP contribution >= 0.6 is 11.8 Å². The van der Waals surface area contributed by atoms with Crippen molar-refractivity contribution < 1.29 is 14.6 Å². The summed E-state index contributed by atoms with van der Waals surface area (Å²) in [6.07, 6.45) is 1.70. The van der Waals surface area contributed by atoms with E-state index in [-0.39, 0.29) is 16.9 Å². The van der Waals surface area contributed by atoms with E-state index < -0.39 is 0 Å². The molecule has 0 saturated heterocycles. The molecule has 3 aromatic rings. The predicted octanol–water partition coefficient (Wildman–Crippen LogP) is 3.36. The van der Waals surface area contributed by atoms with Crippen molar-refractivity contribution in [1.29, 1.82) is 0 Å². The number of methoxy groups -OCH3 is 1. The molecule has 2 aromatic carbocycles. The molecule has 1 aliphatic heterocycles. The van der Waals surface area contributed by atoms with Crippen LogP contribution in [-0.2, 0) is 4.79 Å². The molecule has 0 aliphatic carbocycles. The highest BCUT2D eigenvalue weighted by atomic mass is 32.2. The first-order valence-corrected chi connectivity index (χ1v) is 9.12. The predicted molar refractivity (Wildman–Crippen MR) is 101 cm³/mol. The molecule has 0 saturated carbocycles. The highest BCUT2D eigenvalue weighted by Gasteiger charge is 2.29. The van der Waals surface area contributed by atoms with Crippen LogP contribution in [0.2, 0.25) is 0 Å². The molecule has 1 unspecified atom stereocenters. The van der Waals surface area contributed by atoms with E-state index in [1.807, 2.05) is 34.9 Å². The van der Waals surface area contributed by atoms with Crippen molar-refractivity contribution in [3.8, 4) is 17.2 Å². The lowest BCUT2D eigenvalue weighted by molar-refractivity contribution is -0.113. The Morgan fingerprint density at radius 3 is 2.92 bits per heavy atom. The number of fused-ring (bicyclic) bond motifs is 1. The van der Waals surface area contributed by atoms with Gasteiger partial charge in [-0.1, -0.05) is 18.2 Å². The fourth-order valence-electron chi connectivity index (χ4n) is 3.02. The monoisotopic (exact) mass is 367 g/mol. The highest BCUT2D eigenvalue weighted by Crippen LogP contribution is 2.42. The van der Waals surface area contributed by atoms with E-state index in [1.54, 1.807) is 31.6 Å². The smallest absolute Gasteiger partial charge is 0.235 e. The number of thioether (sulfide) groups is 1. The van der Waals surface area contributed by atoms with Gasteiger partial charge in [-0.25, -0.2) is 4.98 Å². The number of carbonyl (C=O) groups excluding carboxylic acids is 1. The maximum Gasteiger partial charge on any atom is 0.235 e. The van der Waals surface area contributed by atoms with E-state index in [2.05, 4.69) is 10.3 Å². The lowest BCUT2D eigenvalue weighted by Gasteiger charge is -2.18. The average molecular weight is 367 g/mol. The molecular weight excluding hydrogens is 350 g/mol. The van der Waals surface area contributed by atoms with E-state index in [0.29, 0.717) is 11.6 Å². The second kappa shape index (κ2) is 6.76. The Morgan fingerprint density at radius 1 is 1.27 bits per heavy atom. The molecule has 0 bridgehead atoms. The van der Waals surface area contributed by atoms with Gasteiger partial charge in [0.2, 0.25) is 5.91 Å². The molecule has 1 atom stereocenters. The Morgan fingerprint density at radius 2 is 2.12 bits per heavy atom. The Bertz CT molecular complexity index is 970. The quantitative estimate of drug-likeness (QED) is 0.742. The normalized spacial score (nSPS) is 16.5. The van der Waals surface area contributed by atoms with E-state index in [0.717, 1.165) is 22.7 Å². The minimum atomic E-state index is -0.148. The van der Waals surface area contributed by atoms with Crippen molar-refractivity contribution in [2.45, 2.75) is 5.25 Å². The number of hydrogen-bond acceptors (Lipinski definition) is 5. The SMILES string of the molecule is COc1cccc(-n2cnc3c2C(c2cccc(O)c2)SCC(=O)N3)c1. The first kappa shape index (κ1) is 16.5. The van der Waals surface area contributed by atoms with Crippen molar-refractivity contribution >= 4 is 23.5 Å². The van der Waals surface area contributed by atoms with E-state index in [4.69, 9.17) is 4.74 Å². The second-order valence-corrected chi connectivity index (χ2v) is 6.98. The summed E-state index contributed by atoms with van der Waals surface area (Å²) in [4.78, 5) is 16.5. The molecule has 132 valence electrons. The van der Waals surface area contributed by atoms with Gasteiger partial charge in [0.1, 0.15) is 17.8 Å². The van der Waals surface area contributed by atoms with E-state index >= 15 is 0 Å². The first-order chi connectivity index (χ1) is 12.7. The van der Waals surface area contributed by atoms with Crippen LogP contribution in [0.25, 0.3) is 5.69 Å². The molecule has 1 aliphatic rings. The van der Waals surface area contributed by atoms with Gasteiger partial charge in [0.25, 0.3) is 0 Å². The van der Waals surface area contributed by atoms with Crippen LogP contribution in [0.15, 0.2) is 54.9 Å². The number of aromatic nitrogens is 2. The lowest BCUT2D eigenvalue weighted by Crippen LogP contribution is -2.12. The summed E-state index contributed by atoms with van der Waals surface area (Å²) in [6, 6.07) is 14.8. The third kappa shape index (κ3) is 3.01. The number of imidazole rings is 1. The number of nitrogens with zero attached hydrogens (tertiary/aromatic N) is 2. The number of phenols is 1. The molecule has 1 aromatic heterocycles. The Balaban J connectivity index is 1.88. The summed E-state index contributed by atoms with van der Waals surface area (Å²) >= 11 is 1.50. The number of anilines is 1. The fraction of sp³-hybridized carbons (Fsp3) is 0.158. The zero-order chi connectivity index (χ0) is 18.1. The number of carbonyl (C=O) groups is 1. The van der Waals surface area contributed by atoms with Crippen LogP contribution in [0.3, 0.4) is 0 Å². The largest absolute Gasteiger partial charge is 0.508 e. The minimum Gasteiger partial charge on any atom is -0.508 e. The number of rotatable bonds is 3. The molecule has 2 heterocycles. The maximum atomic E-state index is 12.1. The zero-order valence-corrected chi connectivity index (χ0v) is 14.9. The number of aromatic hydroxyl groups is 1. The third-order valence-electron chi connectivity index (χ3n) is 4.20. The average Bonchev–Trinajstić information content (AvgIpc) is 2.97. The van der Waals surface area contributed by atoms with Gasteiger partial charge in [0, 0.05) is 6.07 Å². The van der Waals surface area contributed by atoms with Crippen molar-refractivity contribution in [2.75, 3.05) is 18.2 Å². The zero-order valence-electron chi connectivity index (χ0n) is 14.0. The van der Waals surface area contributed by atoms with Gasteiger partial charge in [0.05, 0.1) is 29.5 Å². The molecule has 7 heteroatoms. The number of benzene rings is 2. The topological polar surface area (TPSA) is 76.4 Å². The Labute approximate surface area is 154 Å². The molecule has 0 fully saturated rings. The second-order valence-electron chi connectivity index (χ2n) is 5.88. The minimum absolute atomic E-state index is 0.0882. The molecule has 26 heavy (non-hydrogen) atoms. The van der Waals surface area contributed by atoms with E-state index in [9.17, 15) is 9.90 Å².